The zero-order valence-electron chi connectivity index (χ0n) is 18.4. The Hall–Kier alpha value is -3.11. The number of amides is 1. The molecule has 0 radical (unpaired) electrons. The van der Waals surface area contributed by atoms with Gasteiger partial charge in [0.2, 0.25) is 10.0 Å². The van der Waals surface area contributed by atoms with Gasteiger partial charge in [-0.1, -0.05) is 6.07 Å². The van der Waals surface area contributed by atoms with Gasteiger partial charge >= 0.3 is 5.97 Å². The van der Waals surface area contributed by atoms with E-state index in [1.165, 1.54) is 44.4 Å². The van der Waals surface area contributed by atoms with E-state index in [1.807, 2.05) is 0 Å². The van der Waals surface area contributed by atoms with E-state index >= 15 is 0 Å². The molecule has 0 saturated heterocycles. The summed E-state index contributed by atoms with van der Waals surface area (Å²) in [5.41, 5.74) is 1.09. The molecule has 0 bridgehead atoms. The summed E-state index contributed by atoms with van der Waals surface area (Å²) in [5, 5.41) is 12.4. The van der Waals surface area contributed by atoms with Crippen molar-refractivity contribution in [3.05, 3.63) is 48.0 Å². The first-order valence-corrected chi connectivity index (χ1v) is 11.5. The number of methoxy groups -OCH3 is 1. The molecule has 3 N–H and O–H groups in total. The minimum Gasteiger partial charge on any atom is -0.504 e. The molecule has 0 fully saturated rings. The Morgan fingerprint density at radius 3 is 2.28 bits per heavy atom. The number of sulfonamides is 1. The minimum atomic E-state index is -3.63. The molecule has 0 aromatic heterocycles. The van der Waals surface area contributed by atoms with Crippen molar-refractivity contribution < 1.29 is 32.6 Å². The van der Waals surface area contributed by atoms with Crippen LogP contribution < -0.4 is 14.8 Å². The maximum Gasteiger partial charge on any atom is 0.306 e. The molecule has 2 rings (SSSR count). The smallest absolute Gasteiger partial charge is 0.306 e. The average molecular weight is 465 g/mol. The van der Waals surface area contributed by atoms with Gasteiger partial charge in [0.15, 0.2) is 17.6 Å². The molecule has 0 aliphatic rings. The predicted octanol–water partition coefficient (Wildman–Crippen LogP) is 2.59. The van der Waals surface area contributed by atoms with Crippen LogP contribution in [0.2, 0.25) is 0 Å². The maximum atomic E-state index is 12.3. The molecule has 0 aliphatic carbocycles. The Balaban J connectivity index is 1.87. The van der Waals surface area contributed by atoms with Crippen molar-refractivity contribution in [2.75, 3.05) is 12.4 Å². The summed E-state index contributed by atoms with van der Waals surface area (Å²) in [4.78, 5) is 24.4. The minimum absolute atomic E-state index is 0.0232. The van der Waals surface area contributed by atoms with E-state index in [-0.39, 0.29) is 23.1 Å². The lowest BCUT2D eigenvalue weighted by molar-refractivity contribution is -0.153. The molecule has 0 saturated carbocycles. The third-order valence-corrected chi connectivity index (χ3v) is 6.04. The molecule has 9 nitrogen and oxygen atoms in total. The second-order valence-electron chi connectivity index (χ2n) is 7.43. The van der Waals surface area contributed by atoms with Crippen LogP contribution in [-0.2, 0) is 30.8 Å². The number of benzene rings is 2. The van der Waals surface area contributed by atoms with Crippen LogP contribution in [0.25, 0.3) is 0 Å². The van der Waals surface area contributed by atoms with Gasteiger partial charge in [-0.3, -0.25) is 9.59 Å². The fourth-order valence-electron chi connectivity index (χ4n) is 2.79. The number of carbonyl (C=O) groups excluding carboxylic acids is 2. The highest BCUT2D eigenvalue weighted by Crippen LogP contribution is 2.26. The molecule has 174 valence electrons. The number of carbonyl (C=O) groups is 2. The largest absolute Gasteiger partial charge is 0.504 e. The van der Waals surface area contributed by atoms with E-state index in [2.05, 4.69) is 10.0 Å². The van der Waals surface area contributed by atoms with Crippen molar-refractivity contribution in [2.24, 2.45) is 0 Å². The Kier molecular flexibility index (Phi) is 8.62. The lowest BCUT2D eigenvalue weighted by Crippen LogP contribution is -2.30. The third-order valence-electron chi connectivity index (χ3n) is 4.36. The fourth-order valence-corrected chi connectivity index (χ4v) is 4.04. The van der Waals surface area contributed by atoms with Crippen molar-refractivity contribution in [1.82, 2.24) is 4.72 Å². The van der Waals surface area contributed by atoms with Gasteiger partial charge in [0.25, 0.3) is 5.91 Å². The number of hydrogen-bond donors (Lipinski definition) is 3. The lowest BCUT2D eigenvalue weighted by atomic mass is 10.1. The number of aromatic hydroxyl groups is 1. The number of esters is 1. The highest BCUT2D eigenvalue weighted by Gasteiger charge is 2.19. The molecular formula is C22H28N2O7S. The molecule has 0 aliphatic heterocycles. The first-order chi connectivity index (χ1) is 15.0. The fraction of sp³-hybridized carbons (Fsp3) is 0.364. The summed E-state index contributed by atoms with van der Waals surface area (Å²) in [6, 6.07) is 10.2. The van der Waals surface area contributed by atoms with Gasteiger partial charge in [0.05, 0.1) is 12.0 Å². The summed E-state index contributed by atoms with van der Waals surface area (Å²) < 4.78 is 36.9. The average Bonchev–Trinajstić information content (AvgIpc) is 2.71. The van der Waals surface area contributed by atoms with Crippen molar-refractivity contribution in [2.45, 2.75) is 50.7 Å². The summed E-state index contributed by atoms with van der Waals surface area (Å²) in [6.45, 7) is 4.88. The molecule has 2 aromatic rings. The van der Waals surface area contributed by atoms with Crippen LogP contribution >= 0.6 is 0 Å². The van der Waals surface area contributed by atoms with E-state index in [0.717, 1.165) is 5.56 Å². The highest BCUT2D eigenvalue weighted by molar-refractivity contribution is 7.89. The summed E-state index contributed by atoms with van der Waals surface area (Å²) in [7, 11) is -2.18. The Bertz CT molecular complexity index is 1050. The van der Waals surface area contributed by atoms with Crippen LogP contribution in [0.15, 0.2) is 47.4 Å². The Morgan fingerprint density at radius 2 is 1.72 bits per heavy atom. The van der Waals surface area contributed by atoms with Crippen LogP contribution in [0, 0.1) is 0 Å². The lowest BCUT2D eigenvalue weighted by Gasteiger charge is -2.14. The summed E-state index contributed by atoms with van der Waals surface area (Å²) in [5.74, 6) is -0.797. The number of hydrogen-bond acceptors (Lipinski definition) is 7. The van der Waals surface area contributed by atoms with Crippen molar-refractivity contribution >= 4 is 27.6 Å². The van der Waals surface area contributed by atoms with Crippen LogP contribution in [-0.4, -0.2) is 44.7 Å². The second kappa shape index (κ2) is 11.0. The van der Waals surface area contributed by atoms with Gasteiger partial charge in [-0.25, -0.2) is 13.1 Å². The van der Waals surface area contributed by atoms with Gasteiger partial charge in [-0.2, -0.15) is 0 Å². The number of phenols is 1. The third kappa shape index (κ3) is 7.24. The van der Waals surface area contributed by atoms with Crippen LogP contribution in [0.5, 0.6) is 11.5 Å². The number of ether oxygens (including phenoxy) is 2. The molecular weight excluding hydrogens is 436 g/mol. The summed E-state index contributed by atoms with van der Waals surface area (Å²) >= 11 is 0. The normalized spacial score (nSPS) is 12.3. The van der Waals surface area contributed by atoms with Gasteiger partial charge in [0, 0.05) is 18.2 Å². The van der Waals surface area contributed by atoms with E-state index in [9.17, 15) is 23.1 Å². The van der Waals surface area contributed by atoms with E-state index < -0.39 is 28.0 Å². The van der Waals surface area contributed by atoms with E-state index in [4.69, 9.17) is 9.47 Å². The van der Waals surface area contributed by atoms with Crippen molar-refractivity contribution in [3.8, 4) is 11.5 Å². The molecule has 32 heavy (non-hydrogen) atoms. The molecule has 2 aromatic carbocycles. The van der Waals surface area contributed by atoms with Gasteiger partial charge in [-0.15, -0.1) is 0 Å². The van der Waals surface area contributed by atoms with Crippen LogP contribution in [0.4, 0.5) is 5.69 Å². The maximum absolute atomic E-state index is 12.3. The monoisotopic (exact) mass is 464 g/mol. The molecule has 1 amide bonds. The second-order valence-corrected chi connectivity index (χ2v) is 9.14. The number of nitrogens with one attached hydrogen (secondary N) is 2. The topological polar surface area (TPSA) is 131 Å². The number of phenolic OH excluding ortho intramolecular Hbond substituents is 1. The molecule has 1 atom stereocenters. The zero-order chi connectivity index (χ0) is 23.9. The quantitative estimate of drug-likeness (QED) is 0.461. The number of rotatable bonds is 10. The number of aryl methyl sites for hydroxylation is 1. The molecule has 0 spiro atoms. The van der Waals surface area contributed by atoms with Gasteiger partial charge < -0.3 is 19.9 Å². The SMILES string of the molecule is COc1ccc(CCC(=O)OC(C)C(=O)Nc2ccc(S(=O)(=O)NC(C)C)cc2)cc1O. The predicted molar refractivity (Wildman–Crippen MR) is 119 cm³/mol. The molecule has 10 heteroatoms. The number of anilines is 1. The van der Waals surface area contributed by atoms with E-state index in [1.54, 1.807) is 26.0 Å². The Morgan fingerprint density at radius 1 is 1.06 bits per heavy atom. The first kappa shape index (κ1) is 25.2. The zero-order valence-corrected chi connectivity index (χ0v) is 19.2. The highest BCUT2D eigenvalue weighted by atomic mass is 32.2. The van der Waals surface area contributed by atoms with Crippen molar-refractivity contribution in [1.29, 1.82) is 0 Å². The van der Waals surface area contributed by atoms with E-state index in [0.29, 0.717) is 17.9 Å². The summed E-state index contributed by atoms with van der Waals surface area (Å²) in [6.07, 6.45) is -0.693. The van der Waals surface area contributed by atoms with Crippen molar-refractivity contribution in [3.63, 3.8) is 0 Å². The standard InChI is InChI=1S/C22H28N2O7S/c1-14(2)24-32(28,29)18-9-7-17(8-10-18)23-22(27)15(3)31-21(26)12-6-16-5-11-20(30-4)19(25)13-16/h5,7-11,13-15,24-25H,6,12H2,1-4H3,(H,23,27). The first-order valence-electron chi connectivity index (χ1n) is 10.0. The van der Waals surface area contributed by atoms with Crippen LogP contribution in [0.3, 0.4) is 0 Å². The Labute approximate surface area is 187 Å². The van der Waals surface area contributed by atoms with Crippen LogP contribution in [0.1, 0.15) is 32.8 Å². The molecule has 0 heterocycles. The molecule has 1 unspecified atom stereocenters. The van der Waals surface area contributed by atoms with Gasteiger partial charge in [-0.05, 0) is 69.2 Å². The van der Waals surface area contributed by atoms with Gasteiger partial charge in [0.1, 0.15) is 0 Å².